The van der Waals surface area contributed by atoms with Crippen LogP contribution in [0.3, 0.4) is 0 Å². The largest absolute Gasteiger partial charge is 0.0622 e. The van der Waals surface area contributed by atoms with Gasteiger partial charge in [-0.1, -0.05) is 147 Å². The van der Waals surface area contributed by atoms with E-state index in [-0.39, 0.29) is 5.41 Å². The maximum Gasteiger partial charge on any atom is 0.0159 e. The summed E-state index contributed by atoms with van der Waals surface area (Å²) < 4.78 is 0. The number of hydrogen-bond donors (Lipinski definition) is 0. The lowest BCUT2D eigenvalue weighted by Gasteiger charge is -2.22. The van der Waals surface area contributed by atoms with Crippen molar-refractivity contribution in [3.05, 3.63) is 157 Å². The van der Waals surface area contributed by atoms with Gasteiger partial charge in [-0.15, -0.1) is 0 Å². The summed E-state index contributed by atoms with van der Waals surface area (Å²) in [5.41, 5.74) is 18.5. The molecule has 0 fully saturated rings. The molecule has 7 aromatic rings. The molecule has 0 aromatic heterocycles. The van der Waals surface area contributed by atoms with Gasteiger partial charge < -0.3 is 0 Å². The molecule has 2 aliphatic rings. The molecule has 0 saturated heterocycles. The number of benzene rings is 7. The molecule has 0 nitrogen and oxygen atoms in total. The first kappa shape index (κ1) is 24.4. The Morgan fingerprint density at radius 2 is 0.791 bits per heavy atom. The van der Waals surface area contributed by atoms with Crippen molar-refractivity contribution >= 4 is 10.8 Å². The van der Waals surface area contributed by atoms with Gasteiger partial charge in [-0.05, 0) is 101 Å². The van der Waals surface area contributed by atoms with E-state index in [1.54, 1.807) is 0 Å². The van der Waals surface area contributed by atoms with E-state index in [0.29, 0.717) is 0 Å². The summed E-state index contributed by atoms with van der Waals surface area (Å²) >= 11 is 0. The molecule has 0 spiro atoms. The maximum atomic E-state index is 2.42. The van der Waals surface area contributed by atoms with Crippen molar-refractivity contribution < 1.29 is 0 Å². The Bertz CT molecular complexity index is 2200. The van der Waals surface area contributed by atoms with Gasteiger partial charge in [-0.2, -0.15) is 0 Å². The molecule has 2 aliphatic carbocycles. The van der Waals surface area contributed by atoms with E-state index in [9.17, 15) is 0 Å². The van der Waals surface area contributed by atoms with Crippen molar-refractivity contribution in [3.8, 4) is 66.8 Å². The molecule has 202 valence electrons. The second-order valence-electron chi connectivity index (χ2n) is 12.5. The highest BCUT2D eigenvalue weighted by Gasteiger charge is 2.36. The number of hydrogen-bond acceptors (Lipinski definition) is 0. The van der Waals surface area contributed by atoms with Gasteiger partial charge in [0.05, 0.1) is 0 Å². The van der Waals surface area contributed by atoms with Crippen LogP contribution < -0.4 is 0 Å². The Morgan fingerprint density at radius 1 is 0.326 bits per heavy atom. The monoisotopic (exact) mass is 546 g/mol. The third kappa shape index (κ3) is 3.50. The molecule has 0 N–H and O–H groups in total. The fraction of sp³-hybridized carbons (Fsp3) is 0.0698. The summed E-state index contributed by atoms with van der Waals surface area (Å²) in [6, 6.07) is 54.0. The predicted molar refractivity (Wildman–Crippen MR) is 182 cm³/mol. The van der Waals surface area contributed by atoms with Crippen LogP contribution in [0.5, 0.6) is 0 Å². The lowest BCUT2D eigenvalue weighted by atomic mass is 9.81. The molecule has 0 aliphatic heterocycles. The van der Waals surface area contributed by atoms with E-state index < -0.39 is 0 Å². The van der Waals surface area contributed by atoms with E-state index in [4.69, 9.17) is 0 Å². The maximum absolute atomic E-state index is 2.42. The quantitative estimate of drug-likeness (QED) is 0.207. The summed E-state index contributed by atoms with van der Waals surface area (Å²) in [4.78, 5) is 0. The van der Waals surface area contributed by atoms with Crippen molar-refractivity contribution in [2.75, 3.05) is 0 Å². The van der Waals surface area contributed by atoms with E-state index in [1.165, 1.54) is 88.7 Å². The third-order valence-electron chi connectivity index (χ3n) is 9.86. The molecule has 0 heteroatoms. The highest BCUT2D eigenvalue weighted by Crippen LogP contribution is 2.51. The first-order valence-electron chi connectivity index (χ1n) is 15.2. The minimum absolute atomic E-state index is 0.0619. The number of fused-ring (bicyclic) bond motifs is 6. The van der Waals surface area contributed by atoms with Crippen LogP contribution in [0, 0.1) is 0 Å². The average Bonchev–Trinajstić information content (AvgIpc) is 3.51. The first-order valence-corrected chi connectivity index (χ1v) is 15.2. The van der Waals surface area contributed by atoms with Crippen molar-refractivity contribution in [3.63, 3.8) is 0 Å². The van der Waals surface area contributed by atoms with Gasteiger partial charge in [0.25, 0.3) is 0 Å². The van der Waals surface area contributed by atoms with Crippen LogP contribution in [-0.4, -0.2) is 0 Å². The van der Waals surface area contributed by atoms with Gasteiger partial charge in [0.2, 0.25) is 0 Å². The van der Waals surface area contributed by atoms with Crippen LogP contribution >= 0.6 is 0 Å². The first-order chi connectivity index (χ1) is 21.1. The molecule has 0 radical (unpaired) electrons. The van der Waals surface area contributed by atoms with Gasteiger partial charge in [0.15, 0.2) is 0 Å². The van der Waals surface area contributed by atoms with Gasteiger partial charge in [0, 0.05) is 5.41 Å². The lowest BCUT2D eigenvalue weighted by Crippen LogP contribution is -2.15. The Balaban J connectivity index is 1.08. The van der Waals surface area contributed by atoms with E-state index >= 15 is 0 Å². The van der Waals surface area contributed by atoms with E-state index in [0.717, 1.165) is 0 Å². The minimum Gasteiger partial charge on any atom is -0.0622 e. The second kappa shape index (κ2) is 8.90. The normalized spacial score (nSPS) is 13.5. The molecule has 9 rings (SSSR count). The minimum atomic E-state index is -0.0619. The zero-order valence-corrected chi connectivity index (χ0v) is 24.4. The Labute approximate surface area is 252 Å². The Kier molecular flexibility index (Phi) is 5.05. The average molecular weight is 547 g/mol. The summed E-state index contributed by atoms with van der Waals surface area (Å²) in [7, 11) is 0. The van der Waals surface area contributed by atoms with Crippen molar-refractivity contribution in [2.24, 2.45) is 0 Å². The van der Waals surface area contributed by atoms with Crippen molar-refractivity contribution in [1.82, 2.24) is 0 Å². The highest BCUT2D eigenvalue weighted by atomic mass is 14.4. The molecule has 0 unspecified atom stereocenters. The zero-order chi connectivity index (χ0) is 28.7. The van der Waals surface area contributed by atoms with Gasteiger partial charge in [0.1, 0.15) is 0 Å². The fourth-order valence-electron chi connectivity index (χ4n) is 7.63. The van der Waals surface area contributed by atoms with Crippen LogP contribution in [0.4, 0.5) is 0 Å². The molecule has 0 heterocycles. The molecule has 0 saturated carbocycles. The molecule has 7 aromatic carbocycles. The van der Waals surface area contributed by atoms with E-state index in [2.05, 4.69) is 159 Å². The van der Waals surface area contributed by atoms with Crippen LogP contribution in [0.2, 0.25) is 0 Å². The summed E-state index contributed by atoms with van der Waals surface area (Å²) in [5.74, 6) is 0. The predicted octanol–water partition coefficient (Wildman–Crippen LogP) is 11.8. The van der Waals surface area contributed by atoms with Crippen molar-refractivity contribution in [1.29, 1.82) is 0 Å². The summed E-state index contributed by atoms with van der Waals surface area (Å²) in [6.45, 7) is 4.74. The van der Waals surface area contributed by atoms with Crippen LogP contribution in [0.25, 0.3) is 77.5 Å². The van der Waals surface area contributed by atoms with Gasteiger partial charge >= 0.3 is 0 Å². The SMILES string of the molecule is CC1(C)c2cc(-c3ccccc3)ccc2-c2ccc(-c3ccc(-c4ccc5c6c(cccc46)-c4ccccc4-5)cc3)cc21. The molecule has 0 bridgehead atoms. The topological polar surface area (TPSA) is 0 Å². The van der Waals surface area contributed by atoms with Gasteiger partial charge in [-0.3, -0.25) is 0 Å². The highest BCUT2D eigenvalue weighted by molar-refractivity contribution is 6.18. The Morgan fingerprint density at radius 3 is 1.44 bits per heavy atom. The smallest absolute Gasteiger partial charge is 0.0159 e. The zero-order valence-electron chi connectivity index (χ0n) is 24.4. The second-order valence-corrected chi connectivity index (χ2v) is 12.5. The van der Waals surface area contributed by atoms with Crippen LogP contribution in [-0.2, 0) is 5.41 Å². The summed E-state index contributed by atoms with van der Waals surface area (Å²) in [6.07, 6.45) is 0. The van der Waals surface area contributed by atoms with Gasteiger partial charge in [-0.25, -0.2) is 0 Å². The Hall–Kier alpha value is -5.20. The van der Waals surface area contributed by atoms with Crippen LogP contribution in [0.15, 0.2) is 146 Å². The van der Waals surface area contributed by atoms with Crippen LogP contribution in [0.1, 0.15) is 25.0 Å². The molecule has 0 atom stereocenters. The molecular formula is C43H30. The summed E-state index contributed by atoms with van der Waals surface area (Å²) in [5, 5.41) is 2.70. The number of rotatable bonds is 3. The molecular weight excluding hydrogens is 516 g/mol. The molecule has 0 amide bonds. The third-order valence-corrected chi connectivity index (χ3v) is 9.86. The lowest BCUT2D eigenvalue weighted by molar-refractivity contribution is 0.661. The van der Waals surface area contributed by atoms with Crippen molar-refractivity contribution in [2.45, 2.75) is 19.3 Å². The van der Waals surface area contributed by atoms with E-state index in [1.807, 2.05) is 0 Å². The standard InChI is InChI=1S/C43H30/c1-43(2)40-25-30(27-9-4-3-5-10-27)19-21-35(40)36-22-20-31(26-41(36)43)28-15-17-29(18-16-28)32-23-24-39-34-12-7-6-11-33(34)38-14-8-13-37(32)42(38)39/h3-26H,1-2H3. The fourth-order valence-corrected chi connectivity index (χ4v) is 7.63. The molecule has 43 heavy (non-hydrogen) atoms.